The van der Waals surface area contributed by atoms with Crippen LogP contribution in [0.2, 0.25) is 0 Å². The zero-order valence-electron chi connectivity index (χ0n) is 23.0. The molecule has 2 amide bonds. The highest BCUT2D eigenvalue weighted by atomic mass is 32.1. The summed E-state index contributed by atoms with van der Waals surface area (Å²) < 4.78 is 19.3. The number of halogens is 1. The third kappa shape index (κ3) is 5.35. The van der Waals surface area contributed by atoms with Crippen LogP contribution in [-0.2, 0) is 4.79 Å². The molecule has 0 aliphatic carbocycles. The molecule has 41 heavy (non-hydrogen) atoms. The van der Waals surface area contributed by atoms with Gasteiger partial charge >= 0.3 is 12.0 Å². The maximum atomic E-state index is 14.3. The lowest BCUT2D eigenvalue weighted by Gasteiger charge is -2.30. The summed E-state index contributed by atoms with van der Waals surface area (Å²) in [7, 11) is 3.79. The Balaban J connectivity index is 1.71. The minimum atomic E-state index is -1.38. The average Bonchev–Trinajstić information content (AvgIpc) is 3.66. The number of rotatable bonds is 7. The number of carbonyl (C=O) groups excluding carboxylic acids is 2. The molecular formula is C31H30FN3O5S. The van der Waals surface area contributed by atoms with E-state index in [1.807, 2.05) is 61.6 Å². The Morgan fingerprint density at radius 3 is 2.20 bits per heavy atom. The minimum Gasteiger partial charge on any atom is -0.480 e. The number of carboxylic acids is 1. The smallest absolute Gasteiger partial charge is 0.327 e. The van der Waals surface area contributed by atoms with Crippen LogP contribution in [0.5, 0.6) is 0 Å². The van der Waals surface area contributed by atoms with Gasteiger partial charge in [-0.2, -0.15) is 0 Å². The molecule has 2 aromatic heterocycles. The van der Waals surface area contributed by atoms with Crippen LogP contribution in [0.15, 0.2) is 76.5 Å². The average molecular weight is 576 g/mol. The van der Waals surface area contributed by atoms with Gasteiger partial charge in [-0.25, -0.2) is 14.0 Å². The van der Waals surface area contributed by atoms with E-state index in [4.69, 9.17) is 4.42 Å². The van der Waals surface area contributed by atoms with Crippen molar-refractivity contribution in [2.24, 2.45) is 5.92 Å². The van der Waals surface area contributed by atoms with Gasteiger partial charge in [0, 0.05) is 36.3 Å². The zero-order chi connectivity index (χ0) is 29.4. The summed E-state index contributed by atoms with van der Waals surface area (Å²) in [5.74, 6) is -3.28. The molecular weight excluding hydrogens is 545 g/mol. The summed E-state index contributed by atoms with van der Waals surface area (Å²) in [5.41, 5.74) is 2.64. The van der Waals surface area contributed by atoms with Crippen molar-refractivity contribution in [1.82, 2.24) is 4.90 Å². The number of Topliss-reactive ketones (excluding diaryl/α,β-unsaturated/α-hetero) is 1. The number of thiophene rings is 1. The van der Waals surface area contributed by atoms with Crippen molar-refractivity contribution < 1.29 is 28.3 Å². The van der Waals surface area contributed by atoms with Gasteiger partial charge in [0.25, 0.3) is 0 Å². The lowest BCUT2D eigenvalue weighted by atomic mass is 9.79. The van der Waals surface area contributed by atoms with Crippen LogP contribution in [0.25, 0.3) is 0 Å². The van der Waals surface area contributed by atoms with E-state index in [1.165, 1.54) is 40.5 Å². The van der Waals surface area contributed by atoms with Gasteiger partial charge in [-0.15, -0.1) is 11.3 Å². The summed E-state index contributed by atoms with van der Waals surface area (Å²) in [6, 6.07) is 14.7. The zero-order valence-corrected chi connectivity index (χ0v) is 23.8. The molecule has 2 N–H and O–H groups in total. The summed E-state index contributed by atoms with van der Waals surface area (Å²) in [5, 5.41) is 15.2. The maximum Gasteiger partial charge on any atom is 0.327 e. The quantitative estimate of drug-likeness (QED) is 0.244. The Labute approximate surface area is 241 Å². The van der Waals surface area contributed by atoms with E-state index in [2.05, 4.69) is 5.32 Å². The number of hydrogen-bond acceptors (Lipinski definition) is 6. The van der Waals surface area contributed by atoms with Crippen molar-refractivity contribution >= 4 is 40.5 Å². The Morgan fingerprint density at radius 2 is 1.66 bits per heavy atom. The van der Waals surface area contributed by atoms with Gasteiger partial charge in [-0.3, -0.25) is 4.79 Å². The van der Waals surface area contributed by atoms with Crippen molar-refractivity contribution in [3.8, 4) is 0 Å². The Hall–Kier alpha value is -4.44. The fourth-order valence-electron chi connectivity index (χ4n) is 5.57. The van der Waals surface area contributed by atoms with Crippen LogP contribution in [0.1, 0.15) is 44.3 Å². The maximum absolute atomic E-state index is 14.3. The third-order valence-electron chi connectivity index (χ3n) is 7.49. The Bertz CT molecular complexity index is 1580. The molecule has 3 heterocycles. The molecule has 0 radical (unpaired) electrons. The molecule has 1 saturated heterocycles. The lowest BCUT2D eigenvalue weighted by molar-refractivity contribution is -0.142. The van der Waals surface area contributed by atoms with E-state index in [9.17, 15) is 23.9 Å². The third-order valence-corrected chi connectivity index (χ3v) is 8.61. The fraction of sp³-hybridized carbons (Fsp3) is 0.258. The standard InChI is InChI=1S/C31H30FN3O5S/c1-17-15-16-41-29(17)25-24(28(36)23-14-5-18(2)40-23)26(19-6-12-22(13-7-19)34(3)4)35(27(25)30(37)38)31(39)33-21-10-8-20(32)9-11-21/h5-16,24-27H,1-4H3,(H,33,39)(H,37,38). The molecule has 4 aromatic rings. The first-order valence-electron chi connectivity index (χ1n) is 13.1. The van der Waals surface area contributed by atoms with Gasteiger partial charge in [0.2, 0.25) is 5.78 Å². The molecule has 5 rings (SSSR count). The second-order valence-electron chi connectivity index (χ2n) is 10.4. The highest BCUT2D eigenvalue weighted by Crippen LogP contribution is 2.53. The predicted molar refractivity (Wildman–Crippen MR) is 155 cm³/mol. The number of ketones is 1. The number of nitrogens with one attached hydrogen (secondary N) is 1. The van der Waals surface area contributed by atoms with Crippen LogP contribution in [0, 0.1) is 25.6 Å². The fourth-order valence-corrected chi connectivity index (χ4v) is 6.67. The van der Waals surface area contributed by atoms with Crippen LogP contribution in [-0.4, -0.2) is 47.9 Å². The van der Waals surface area contributed by atoms with Crippen LogP contribution in [0.4, 0.5) is 20.6 Å². The number of likely N-dealkylation sites (tertiary alicyclic amines) is 1. The number of nitrogens with zero attached hydrogens (tertiary/aromatic N) is 2. The summed E-state index contributed by atoms with van der Waals surface area (Å²) in [6.07, 6.45) is 0. The lowest BCUT2D eigenvalue weighted by Crippen LogP contribution is -2.45. The van der Waals surface area contributed by atoms with Gasteiger partial charge in [0.05, 0.1) is 12.0 Å². The molecule has 2 aromatic carbocycles. The van der Waals surface area contributed by atoms with E-state index >= 15 is 0 Å². The van der Waals surface area contributed by atoms with Crippen LogP contribution < -0.4 is 10.2 Å². The number of benzene rings is 2. The molecule has 10 heteroatoms. The molecule has 212 valence electrons. The molecule has 0 bridgehead atoms. The molecule has 0 spiro atoms. The van der Waals surface area contributed by atoms with Gasteiger partial charge in [-0.1, -0.05) is 12.1 Å². The van der Waals surface area contributed by atoms with Gasteiger partial charge < -0.3 is 24.6 Å². The van der Waals surface area contributed by atoms with Crippen molar-refractivity contribution in [3.63, 3.8) is 0 Å². The second kappa shape index (κ2) is 11.2. The number of aryl methyl sites for hydroxylation is 2. The first-order valence-corrected chi connectivity index (χ1v) is 13.9. The number of amides is 2. The van der Waals surface area contributed by atoms with Crippen LogP contribution in [0.3, 0.4) is 0 Å². The molecule has 0 saturated carbocycles. The SMILES string of the molecule is Cc1ccc(C(=O)C2C(c3sccc3C)C(C(=O)O)N(C(=O)Nc3ccc(F)cc3)C2c2ccc(N(C)C)cc2)o1. The highest BCUT2D eigenvalue weighted by molar-refractivity contribution is 7.10. The highest BCUT2D eigenvalue weighted by Gasteiger charge is 2.58. The van der Waals surface area contributed by atoms with E-state index in [-0.39, 0.29) is 11.5 Å². The van der Waals surface area contributed by atoms with Crippen LogP contribution >= 0.6 is 11.3 Å². The van der Waals surface area contributed by atoms with E-state index in [0.717, 1.165) is 11.3 Å². The van der Waals surface area contributed by atoms with Gasteiger partial charge in [-0.05, 0) is 85.0 Å². The number of aliphatic carboxylic acids is 1. The Morgan fingerprint density at radius 1 is 0.976 bits per heavy atom. The number of hydrogen-bond donors (Lipinski definition) is 2. The molecule has 1 aliphatic rings. The van der Waals surface area contributed by atoms with E-state index in [0.29, 0.717) is 21.9 Å². The van der Waals surface area contributed by atoms with Crippen molar-refractivity contribution in [2.45, 2.75) is 31.8 Å². The number of anilines is 2. The van der Waals surface area contributed by atoms with Crippen molar-refractivity contribution in [1.29, 1.82) is 0 Å². The topological polar surface area (TPSA) is 103 Å². The molecule has 4 unspecified atom stereocenters. The summed E-state index contributed by atoms with van der Waals surface area (Å²) in [6.45, 7) is 3.59. The number of carboxylic acid groups (broad SMARTS) is 1. The number of urea groups is 1. The molecule has 1 fully saturated rings. The molecule has 4 atom stereocenters. The van der Waals surface area contributed by atoms with E-state index < -0.39 is 41.7 Å². The number of carbonyl (C=O) groups is 3. The molecule has 1 aliphatic heterocycles. The van der Waals surface area contributed by atoms with Crippen molar-refractivity contribution in [2.75, 3.05) is 24.3 Å². The predicted octanol–water partition coefficient (Wildman–Crippen LogP) is 6.49. The second-order valence-corrected chi connectivity index (χ2v) is 11.3. The normalized spacial score (nSPS) is 20.2. The largest absolute Gasteiger partial charge is 0.480 e. The Kier molecular flexibility index (Phi) is 7.68. The number of furan rings is 1. The van der Waals surface area contributed by atoms with Crippen molar-refractivity contribution in [3.05, 3.63) is 105 Å². The summed E-state index contributed by atoms with van der Waals surface area (Å²) in [4.78, 5) is 45.2. The first kappa shape index (κ1) is 28.1. The molecule has 8 nitrogen and oxygen atoms in total. The van der Waals surface area contributed by atoms with Gasteiger partial charge in [0.15, 0.2) is 5.76 Å². The van der Waals surface area contributed by atoms with E-state index in [1.54, 1.807) is 19.1 Å². The first-order chi connectivity index (χ1) is 19.6. The van der Waals surface area contributed by atoms with Gasteiger partial charge in [0.1, 0.15) is 17.6 Å². The summed E-state index contributed by atoms with van der Waals surface area (Å²) >= 11 is 1.36. The monoisotopic (exact) mass is 575 g/mol. The minimum absolute atomic E-state index is 0.103.